The zero-order chi connectivity index (χ0) is 13.5. The fraction of sp³-hybridized carbons (Fsp3) is 0.357. The van der Waals surface area contributed by atoms with Gasteiger partial charge in [-0.15, -0.1) is 0 Å². The van der Waals surface area contributed by atoms with E-state index in [0.29, 0.717) is 6.41 Å². The molecule has 1 aromatic carbocycles. The molecule has 0 saturated heterocycles. The second-order valence-corrected chi connectivity index (χ2v) is 4.63. The van der Waals surface area contributed by atoms with E-state index in [-0.39, 0.29) is 5.82 Å². The molecule has 3 nitrogen and oxygen atoms in total. The first-order valence-electron chi connectivity index (χ1n) is 6.02. The Hall–Kier alpha value is -1.48. The lowest BCUT2D eigenvalue weighted by molar-refractivity contribution is -0.108. The Bertz CT molecular complexity index is 428. The first-order valence-corrected chi connectivity index (χ1v) is 6.39. The van der Waals surface area contributed by atoms with Crippen molar-refractivity contribution in [2.75, 3.05) is 0 Å². The number of benzene rings is 1. The fourth-order valence-electron chi connectivity index (χ4n) is 1.80. The number of carbonyl (C=O) groups excluding carboxylic acids is 1. The molecule has 1 saturated carbocycles. The maximum Gasteiger partial charge on any atom is 0.212 e. The highest BCUT2D eigenvalue weighted by Crippen LogP contribution is 2.43. The molecule has 98 valence electrons. The SMILES string of the molecule is C=C(N)NC=O.CCc1c(Cl)cccc1C1CC1. The van der Waals surface area contributed by atoms with Gasteiger partial charge in [-0.2, -0.15) is 0 Å². The molecular formula is C14H19ClN2O. The van der Waals surface area contributed by atoms with Gasteiger partial charge in [-0.3, -0.25) is 4.79 Å². The van der Waals surface area contributed by atoms with Crippen LogP contribution in [0, 0.1) is 0 Å². The van der Waals surface area contributed by atoms with Crippen LogP contribution in [0.2, 0.25) is 5.02 Å². The topological polar surface area (TPSA) is 55.1 Å². The molecule has 0 unspecified atom stereocenters. The van der Waals surface area contributed by atoms with Gasteiger partial charge in [0, 0.05) is 5.02 Å². The zero-order valence-corrected chi connectivity index (χ0v) is 11.3. The van der Waals surface area contributed by atoms with Crippen LogP contribution < -0.4 is 11.1 Å². The van der Waals surface area contributed by atoms with Crippen LogP contribution in [-0.2, 0) is 11.2 Å². The van der Waals surface area contributed by atoms with Gasteiger partial charge in [0.2, 0.25) is 6.41 Å². The largest absolute Gasteiger partial charge is 0.386 e. The molecule has 1 aliphatic rings. The van der Waals surface area contributed by atoms with E-state index < -0.39 is 0 Å². The third kappa shape index (κ3) is 4.41. The maximum absolute atomic E-state index is 9.36. The molecule has 18 heavy (non-hydrogen) atoms. The normalized spacial score (nSPS) is 13.2. The van der Waals surface area contributed by atoms with Crippen LogP contribution in [-0.4, -0.2) is 6.41 Å². The quantitative estimate of drug-likeness (QED) is 0.824. The summed E-state index contributed by atoms with van der Waals surface area (Å²) in [6.07, 6.45) is 4.24. The molecule has 0 heterocycles. The smallest absolute Gasteiger partial charge is 0.212 e. The molecule has 0 radical (unpaired) electrons. The lowest BCUT2D eigenvalue weighted by Crippen LogP contribution is -2.15. The highest BCUT2D eigenvalue weighted by molar-refractivity contribution is 6.31. The van der Waals surface area contributed by atoms with E-state index in [1.165, 1.54) is 24.0 Å². The van der Waals surface area contributed by atoms with Gasteiger partial charge in [0.15, 0.2) is 0 Å². The van der Waals surface area contributed by atoms with Gasteiger partial charge < -0.3 is 11.1 Å². The van der Waals surface area contributed by atoms with E-state index in [1.54, 1.807) is 0 Å². The Morgan fingerprint density at radius 1 is 1.61 bits per heavy atom. The summed E-state index contributed by atoms with van der Waals surface area (Å²) in [6.45, 7) is 5.35. The molecular weight excluding hydrogens is 248 g/mol. The number of carbonyl (C=O) groups is 1. The molecule has 1 aromatic rings. The second kappa shape index (κ2) is 7.07. The van der Waals surface area contributed by atoms with E-state index in [1.807, 2.05) is 6.07 Å². The number of hydrogen-bond donors (Lipinski definition) is 2. The summed E-state index contributed by atoms with van der Waals surface area (Å²) in [4.78, 5) is 9.36. The first kappa shape index (κ1) is 14.6. The third-order valence-electron chi connectivity index (χ3n) is 2.77. The van der Waals surface area contributed by atoms with Crippen LogP contribution in [0.4, 0.5) is 0 Å². The number of rotatable bonds is 4. The van der Waals surface area contributed by atoms with Crippen LogP contribution in [0.5, 0.6) is 0 Å². The summed E-state index contributed by atoms with van der Waals surface area (Å²) in [5.41, 5.74) is 7.72. The molecule has 1 amide bonds. The molecule has 0 aliphatic heterocycles. The Morgan fingerprint density at radius 2 is 2.28 bits per heavy atom. The fourth-order valence-corrected chi connectivity index (χ4v) is 2.12. The minimum atomic E-state index is 0.171. The molecule has 0 aromatic heterocycles. The Kier molecular flexibility index (Phi) is 5.72. The van der Waals surface area contributed by atoms with Crippen molar-refractivity contribution in [2.45, 2.75) is 32.1 Å². The number of halogens is 1. The van der Waals surface area contributed by atoms with Gasteiger partial charge in [-0.05, 0) is 42.4 Å². The van der Waals surface area contributed by atoms with Gasteiger partial charge >= 0.3 is 0 Å². The van der Waals surface area contributed by atoms with Crippen molar-refractivity contribution in [3.8, 4) is 0 Å². The molecule has 0 spiro atoms. The molecule has 4 heteroatoms. The van der Waals surface area contributed by atoms with Crippen molar-refractivity contribution < 1.29 is 4.79 Å². The summed E-state index contributed by atoms with van der Waals surface area (Å²) in [5, 5.41) is 3.06. The van der Waals surface area contributed by atoms with Crippen molar-refractivity contribution in [1.29, 1.82) is 0 Å². The summed E-state index contributed by atoms with van der Waals surface area (Å²) in [6, 6.07) is 6.28. The minimum absolute atomic E-state index is 0.171. The van der Waals surface area contributed by atoms with Crippen LogP contribution in [0.25, 0.3) is 0 Å². The van der Waals surface area contributed by atoms with Crippen LogP contribution in [0.15, 0.2) is 30.6 Å². The average Bonchev–Trinajstić information content (AvgIpc) is 3.13. The standard InChI is InChI=1S/C11H13Cl.C3H6N2O/c1-2-9-10(8-6-7-8)4-3-5-11(9)12;1-3(4)5-2-6/h3-5,8H,2,6-7H2,1H3;2H,1,4H2,(H,5,6). The number of nitrogens with two attached hydrogens (primary N) is 1. The predicted octanol–water partition coefficient (Wildman–Crippen LogP) is 2.94. The van der Waals surface area contributed by atoms with Gasteiger partial charge in [0.25, 0.3) is 0 Å². The van der Waals surface area contributed by atoms with Gasteiger partial charge in [0.1, 0.15) is 0 Å². The van der Waals surface area contributed by atoms with Crippen molar-refractivity contribution in [3.63, 3.8) is 0 Å². The average molecular weight is 267 g/mol. The van der Waals surface area contributed by atoms with E-state index in [2.05, 4.69) is 31.0 Å². The second-order valence-electron chi connectivity index (χ2n) is 4.22. The predicted molar refractivity (Wildman–Crippen MR) is 75.3 cm³/mol. The minimum Gasteiger partial charge on any atom is -0.386 e. The molecule has 0 bridgehead atoms. The first-order chi connectivity index (χ1) is 8.60. The summed E-state index contributed by atoms with van der Waals surface area (Å²) in [7, 11) is 0. The summed E-state index contributed by atoms with van der Waals surface area (Å²) < 4.78 is 0. The maximum atomic E-state index is 9.36. The van der Waals surface area contributed by atoms with E-state index in [4.69, 9.17) is 17.3 Å². The highest BCUT2D eigenvalue weighted by Gasteiger charge is 2.25. The zero-order valence-electron chi connectivity index (χ0n) is 10.6. The van der Waals surface area contributed by atoms with E-state index in [0.717, 1.165) is 17.4 Å². The number of hydrogen-bond acceptors (Lipinski definition) is 2. The molecule has 0 atom stereocenters. The molecule has 2 rings (SSSR count). The van der Waals surface area contributed by atoms with Crippen LogP contribution >= 0.6 is 11.6 Å². The third-order valence-corrected chi connectivity index (χ3v) is 3.12. The highest BCUT2D eigenvalue weighted by atomic mass is 35.5. The molecule has 1 fully saturated rings. The van der Waals surface area contributed by atoms with Crippen molar-refractivity contribution >= 4 is 18.0 Å². The van der Waals surface area contributed by atoms with Crippen molar-refractivity contribution in [2.24, 2.45) is 5.73 Å². The van der Waals surface area contributed by atoms with Crippen LogP contribution in [0.3, 0.4) is 0 Å². The van der Waals surface area contributed by atoms with E-state index in [9.17, 15) is 4.79 Å². The Balaban J connectivity index is 0.000000232. The summed E-state index contributed by atoms with van der Waals surface area (Å²) in [5.74, 6) is 0.989. The molecule has 1 aliphatic carbocycles. The lowest BCUT2D eigenvalue weighted by atomic mass is 10.0. The number of nitrogens with one attached hydrogen (secondary N) is 1. The number of amides is 1. The lowest BCUT2D eigenvalue weighted by Gasteiger charge is -2.07. The monoisotopic (exact) mass is 266 g/mol. The molecule has 3 N–H and O–H groups in total. The Labute approximate surface area is 113 Å². The van der Waals surface area contributed by atoms with Gasteiger partial charge in [-0.1, -0.05) is 37.2 Å². The van der Waals surface area contributed by atoms with Gasteiger partial charge in [-0.25, -0.2) is 0 Å². The van der Waals surface area contributed by atoms with Gasteiger partial charge in [0.05, 0.1) is 5.82 Å². The van der Waals surface area contributed by atoms with Crippen molar-refractivity contribution in [3.05, 3.63) is 46.7 Å². The van der Waals surface area contributed by atoms with Crippen molar-refractivity contribution in [1.82, 2.24) is 5.32 Å². The summed E-state index contributed by atoms with van der Waals surface area (Å²) >= 11 is 6.10. The van der Waals surface area contributed by atoms with E-state index >= 15 is 0 Å². The van der Waals surface area contributed by atoms with Crippen LogP contribution in [0.1, 0.15) is 36.8 Å². The Morgan fingerprint density at radius 3 is 2.67 bits per heavy atom.